The van der Waals surface area contributed by atoms with Crippen molar-refractivity contribution in [3.8, 4) is 5.69 Å². The number of nitrogens with zero attached hydrogens (tertiary/aromatic N) is 3. The molecule has 0 unspecified atom stereocenters. The Hall–Kier alpha value is -2.19. The van der Waals surface area contributed by atoms with E-state index in [-0.39, 0.29) is 10.5 Å². The Morgan fingerprint density at radius 3 is 2.50 bits per heavy atom. The number of carboxylic acid groups (broad SMARTS) is 1. The molecule has 0 bridgehead atoms. The van der Waals surface area contributed by atoms with E-state index in [9.17, 15) is 18.3 Å². The molecule has 1 aromatic heterocycles. The van der Waals surface area contributed by atoms with Gasteiger partial charge in [0.2, 0.25) is 10.0 Å². The molecule has 116 valence electrons. The number of aromatic carboxylic acids is 1. The van der Waals surface area contributed by atoms with E-state index in [1.807, 2.05) is 0 Å². The zero-order chi connectivity index (χ0) is 15.7. The molecular weight excluding hydrogens is 306 g/mol. The minimum Gasteiger partial charge on any atom is -0.478 e. The molecule has 2 aromatic rings. The Labute approximate surface area is 127 Å². The maximum atomic E-state index is 12.6. The third kappa shape index (κ3) is 2.62. The highest BCUT2D eigenvalue weighted by Gasteiger charge is 2.28. The third-order valence-corrected chi connectivity index (χ3v) is 5.52. The maximum absolute atomic E-state index is 12.6. The summed E-state index contributed by atoms with van der Waals surface area (Å²) in [6.45, 7) is 0.945. The maximum Gasteiger partial charge on any atom is 0.335 e. The smallest absolute Gasteiger partial charge is 0.335 e. The Morgan fingerprint density at radius 2 is 1.91 bits per heavy atom. The van der Waals surface area contributed by atoms with Crippen molar-refractivity contribution in [3.05, 3.63) is 42.5 Å². The van der Waals surface area contributed by atoms with Crippen LogP contribution in [0.4, 0.5) is 0 Å². The first-order chi connectivity index (χ1) is 10.5. The van der Waals surface area contributed by atoms with Gasteiger partial charge in [-0.2, -0.15) is 4.31 Å². The molecule has 8 heteroatoms. The van der Waals surface area contributed by atoms with E-state index in [0.29, 0.717) is 18.8 Å². The molecule has 22 heavy (non-hydrogen) atoms. The lowest BCUT2D eigenvalue weighted by molar-refractivity contribution is 0.0696. The highest BCUT2D eigenvalue weighted by atomic mass is 32.2. The summed E-state index contributed by atoms with van der Waals surface area (Å²) < 4.78 is 28.3. The van der Waals surface area contributed by atoms with Gasteiger partial charge in [0.1, 0.15) is 0 Å². The van der Waals surface area contributed by atoms with Crippen LogP contribution in [-0.2, 0) is 10.0 Å². The quantitative estimate of drug-likeness (QED) is 0.918. The van der Waals surface area contributed by atoms with Crippen LogP contribution in [-0.4, -0.2) is 46.4 Å². The van der Waals surface area contributed by atoms with Gasteiger partial charge < -0.3 is 9.67 Å². The van der Waals surface area contributed by atoms with Gasteiger partial charge in [0, 0.05) is 31.2 Å². The van der Waals surface area contributed by atoms with Crippen LogP contribution >= 0.6 is 0 Å². The lowest BCUT2D eigenvalue weighted by atomic mass is 10.2. The van der Waals surface area contributed by atoms with Crippen LogP contribution in [0.2, 0.25) is 0 Å². The molecule has 0 aliphatic carbocycles. The topological polar surface area (TPSA) is 92.5 Å². The molecule has 1 saturated heterocycles. The lowest BCUT2D eigenvalue weighted by Crippen LogP contribution is -2.28. The standard InChI is InChI=1S/C14H15N3O4S/c18-14(19)11-7-12(16-6-3-15-10-16)9-13(8-11)22(20,21)17-4-1-2-5-17/h3,6-10H,1-2,4-5H2,(H,18,19). The summed E-state index contributed by atoms with van der Waals surface area (Å²) in [6.07, 6.45) is 6.32. The second kappa shape index (κ2) is 5.54. The van der Waals surface area contributed by atoms with Gasteiger partial charge >= 0.3 is 5.97 Å². The first-order valence-corrected chi connectivity index (χ1v) is 8.29. The molecule has 1 aromatic carbocycles. The summed E-state index contributed by atoms with van der Waals surface area (Å²) in [5, 5.41) is 9.23. The number of sulfonamides is 1. The number of imidazole rings is 1. The van der Waals surface area contributed by atoms with Gasteiger partial charge in [-0.1, -0.05) is 0 Å². The van der Waals surface area contributed by atoms with Gasteiger partial charge in [0.05, 0.1) is 16.8 Å². The summed E-state index contributed by atoms with van der Waals surface area (Å²) in [5.41, 5.74) is 0.388. The number of benzene rings is 1. The molecular formula is C14H15N3O4S. The van der Waals surface area contributed by atoms with Gasteiger partial charge in [0.25, 0.3) is 0 Å². The van der Waals surface area contributed by atoms with Crippen LogP contribution in [0.1, 0.15) is 23.2 Å². The van der Waals surface area contributed by atoms with Gasteiger partial charge in [-0.25, -0.2) is 18.2 Å². The lowest BCUT2D eigenvalue weighted by Gasteiger charge is -2.17. The van der Waals surface area contributed by atoms with Crippen molar-refractivity contribution >= 4 is 16.0 Å². The molecule has 0 spiro atoms. The van der Waals surface area contributed by atoms with Gasteiger partial charge in [-0.15, -0.1) is 0 Å². The number of carbonyl (C=O) groups is 1. The van der Waals surface area contributed by atoms with E-state index < -0.39 is 16.0 Å². The first kappa shape index (κ1) is 14.7. The predicted octanol–water partition coefficient (Wildman–Crippen LogP) is 1.35. The fourth-order valence-electron chi connectivity index (χ4n) is 2.49. The van der Waals surface area contributed by atoms with Crippen molar-refractivity contribution in [1.29, 1.82) is 0 Å². The molecule has 1 aliphatic heterocycles. The number of hydrogen-bond acceptors (Lipinski definition) is 4. The average Bonchev–Trinajstić information content (AvgIpc) is 3.20. The molecule has 1 aliphatic rings. The number of aromatic nitrogens is 2. The van der Waals surface area contributed by atoms with Crippen LogP contribution in [0.3, 0.4) is 0 Å². The first-order valence-electron chi connectivity index (χ1n) is 6.85. The second-order valence-corrected chi connectivity index (χ2v) is 7.04. The Balaban J connectivity index is 2.13. The van der Waals surface area contributed by atoms with E-state index in [1.54, 1.807) is 17.0 Å². The minimum atomic E-state index is -3.67. The van der Waals surface area contributed by atoms with Crippen LogP contribution in [0.5, 0.6) is 0 Å². The molecule has 2 heterocycles. The largest absolute Gasteiger partial charge is 0.478 e. The van der Waals surface area contributed by atoms with Crippen LogP contribution in [0.15, 0.2) is 41.8 Å². The second-order valence-electron chi connectivity index (χ2n) is 5.10. The van der Waals surface area contributed by atoms with Crippen molar-refractivity contribution in [2.24, 2.45) is 0 Å². The van der Waals surface area contributed by atoms with Gasteiger partial charge in [0.15, 0.2) is 0 Å². The monoisotopic (exact) mass is 321 g/mol. The number of carboxylic acids is 1. The third-order valence-electron chi connectivity index (χ3n) is 3.64. The highest BCUT2D eigenvalue weighted by Crippen LogP contribution is 2.24. The van der Waals surface area contributed by atoms with Crippen LogP contribution < -0.4 is 0 Å². The number of hydrogen-bond donors (Lipinski definition) is 1. The minimum absolute atomic E-state index is 0.00185. The molecule has 0 radical (unpaired) electrons. The summed E-state index contributed by atoms with van der Waals surface area (Å²) in [4.78, 5) is 15.2. The van der Waals surface area contributed by atoms with Crippen molar-refractivity contribution in [3.63, 3.8) is 0 Å². The van der Waals surface area contributed by atoms with Gasteiger partial charge in [-0.3, -0.25) is 0 Å². The average molecular weight is 321 g/mol. The summed E-state index contributed by atoms with van der Waals surface area (Å²) in [5.74, 6) is -1.17. The highest BCUT2D eigenvalue weighted by molar-refractivity contribution is 7.89. The van der Waals surface area contributed by atoms with E-state index in [4.69, 9.17) is 0 Å². The van der Waals surface area contributed by atoms with Crippen molar-refractivity contribution < 1.29 is 18.3 Å². The summed E-state index contributed by atoms with van der Waals surface area (Å²) in [6, 6.07) is 4.10. The van der Waals surface area contributed by atoms with Crippen LogP contribution in [0, 0.1) is 0 Å². The summed E-state index contributed by atoms with van der Waals surface area (Å²) in [7, 11) is -3.67. The summed E-state index contributed by atoms with van der Waals surface area (Å²) >= 11 is 0. The molecule has 0 atom stereocenters. The Morgan fingerprint density at radius 1 is 1.18 bits per heavy atom. The van der Waals surface area contributed by atoms with E-state index in [1.165, 1.54) is 28.8 Å². The SMILES string of the molecule is O=C(O)c1cc(-n2ccnc2)cc(S(=O)(=O)N2CCCC2)c1. The number of rotatable bonds is 4. The van der Waals surface area contributed by atoms with Crippen molar-refractivity contribution in [2.75, 3.05) is 13.1 Å². The van der Waals surface area contributed by atoms with E-state index >= 15 is 0 Å². The fourth-order valence-corrected chi connectivity index (χ4v) is 4.08. The Bertz CT molecular complexity index is 794. The molecule has 3 rings (SSSR count). The van der Waals surface area contributed by atoms with Crippen molar-refractivity contribution in [2.45, 2.75) is 17.7 Å². The molecule has 1 N–H and O–H groups in total. The van der Waals surface area contributed by atoms with E-state index in [2.05, 4.69) is 4.98 Å². The molecule has 1 fully saturated rings. The van der Waals surface area contributed by atoms with Gasteiger partial charge in [-0.05, 0) is 31.0 Å². The zero-order valence-corrected chi connectivity index (χ0v) is 12.5. The van der Waals surface area contributed by atoms with E-state index in [0.717, 1.165) is 12.8 Å². The molecule has 0 amide bonds. The normalized spacial score (nSPS) is 16.0. The zero-order valence-electron chi connectivity index (χ0n) is 11.7. The predicted molar refractivity (Wildman–Crippen MR) is 78.5 cm³/mol. The fraction of sp³-hybridized carbons (Fsp3) is 0.286. The molecule has 0 saturated carbocycles. The Kier molecular flexibility index (Phi) is 3.71. The molecule has 7 nitrogen and oxygen atoms in total. The van der Waals surface area contributed by atoms with Crippen molar-refractivity contribution in [1.82, 2.24) is 13.9 Å². The van der Waals surface area contributed by atoms with Crippen LogP contribution in [0.25, 0.3) is 5.69 Å².